The van der Waals surface area contributed by atoms with Crippen molar-refractivity contribution >= 4 is 27.1 Å². The van der Waals surface area contributed by atoms with Crippen LogP contribution in [0.25, 0.3) is 0 Å². The van der Waals surface area contributed by atoms with Gasteiger partial charge in [0.1, 0.15) is 5.15 Å². The summed E-state index contributed by atoms with van der Waals surface area (Å²) >= 11 is 5.73. The molecule has 0 bridgehead atoms. The van der Waals surface area contributed by atoms with Gasteiger partial charge < -0.3 is 0 Å². The lowest BCUT2D eigenvalue weighted by Crippen LogP contribution is -2.28. The Morgan fingerprint density at radius 1 is 1.37 bits per heavy atom. The molecule has 0 aliphatic heterocycles. The van der Waals surface area contributed by atoms with Gasteiger partial charge in [0.15, 0.2) is 5.82 Å². The van der Waals surface area contributed by atoms with E-state index in [4.69, 9.17) is 11.6 Å². The van der Waals surface area contributed by atoms with Crippen molar-refractivity contribution in [3.05, 3.63) is 22.8 Å². The first-order valence-corrected chi connectivity index (χ1v) is 8.16. The summed E-state index contributed by atoms with van der Waals surface area (Å²) in [5.74, 6) is -0.0203. The highest BCUT2D eigenvalue weighted by atomic mass is 35.5. The van der Waals surface area contributed by atoms with Gasteiger partial charge in [-0.25, -0.2) is 9.19 Å². The molecule has 0 N–H and O–H groups in total. The Hall–Kier alpha value is -0.820. The van der Waals surface area contributed by atoms with E-state index in [2.05, 4.69) is 9.35 Å². The Bertz CT molecular complexity index is 623. The highest BCUT2D eigenvalue weighted by Gasteiger charge is 2.64. The predicted molar refractivity (Wildman–Crippen MR) is 68.3 cm³/mol. The van der Waals surface area contributed by atoms with E-state index in [-0.39, 0.29) is 29.4 Å². The van der Waals surface area contributed by atoms with Gasteiger partial charge in [-0.05, 0) is 30.5 Å². The molecule has 106 valence electrons. The van der Waals surface area contributed by atoms with Crippen molar-refractivity contribution in [3.63, 3.8) is 0 Å². The second-order valence-electron chi connectivity index (χ2n) is 4.89. The summed E-state index contributed by atoms with van der Waals surface area (Å²) < 4.78 is 54.5. The zero-order valence-corrected chi connectivity index (χ0v) is 11.9. The molecule has 1 saturated carbocycles. The Kier molecular flexibility index (Phi) is 3.33. The van der Waals surface area contributed by atoms with E-state index in [1.807, 2.05) is 0 Å². The molecule has 1 heterocycles. The van der Waals surface area contributed by atoms with Gasteiger partial charge in [0.25, 0.3) is 0 Å². The Morgan fingerprint density at radius 2 is 1.95 bits per heavy atom. The van der Waals surface area contributed by atoms with E-state index in [1.54, 1.807) is 0 Å². The number of pyridine rings is 1. The van der Waals surface area contributed by atoms with E-state index >= 15 is 0 Å². The van der Waals surface area contributed by atoms with Crippen molar-refractivity contribution in [1.29, 1.82) is 0 Å². The normalized spacial score (nSPS) is 18.2. The van der Waals surface area contributed by atoms with Crippen LogP contribution in [0.15, 0.2) is 16.5 Å². The molecule has 1 fully saturated rings. The van der Waals surface area contributed by atoms with E-state index < -0.39 is 21.3 Å². The molecule has 0 saturated heterocycles. The van der Waals surface area contributed by atoms with Crippen LogP contribution in [0.2, 0.25) is 5.15 Å². The van der Waals surface area contributed by atoms with Crippen LogP contribution in [0.5, 0.6) is 0 Å². The van der Waals surface area contributed by atoms with Crippen LogP contribution in [0, 0.1) is 0 Å². The number of nitrogens with zero attached hydrogens (tertiary/aromatic N) is 2. The fourth-order valence-corrected chi connectivity index (χ4v) is 2.64. The number of hydrogen-bond acceptors (Lipinski definition) is 3. The van der Waals surface area contributed by atoms with Crippen LogP contribution in [-0.4, -0.2) is 27.9 Å². The number of alkyl halides is 3. The summed E-state index contributed by atoms with van der Waals surface area (Å²) in [6.45, 7) is 0. The fourth-order valence-electron chi connectivity index (χ4n) is 1.89. The largest absolute Gasteiger partial charge is 0.398 e. The molecule has 19 heavy (non-hydrogen) atoms. The minimum absolute atomic E-state index is 0.0203. The summed E-state index contributed by atoms with van der Waals surface area (Å²) in [4.78, 5) is 3.79. The van der Waals surface area contributed by atoms with Crippen molar-refractivity contribution in [2.24, 2.45) is 4.36 Å². The molecule has 3 nitrogen and oxygen atoms in total. The maximum absolute atomic E-state index is 13.0. The van der Waals surface area contributed by atoms with Crippen LogP contribution in [0.1, 0.15) is 18.4 Å². The maximum Gasteiger partial charge on any atom is 0.398 e. The van der Waals surface area contributed by atoms with E-state index in [1.165, 1.54) is 24.6 Å². The molecule has 0 aromatic carbocycles. The molecule has 1 aliphatic rings. The van der Waals surface area contributed by atoms with Crippen LogP contribution in [-0.2, 0) is 15.1 Å². The third kappa shape index (κ3) is 3.02. The summed E-state index contributed by atoms with van der Waals surface area (Å²) in [5.41, 5.74) is -1.80. The number of aromatic nitrogens is 1. The second kappa shape index (κ2) is 4.34. The maximum atomic E-state index is 13.0. The lowest BCUT2D eigenvalue weighted by atomic mass is 9.96. The van der Waals surface area contributed by atoms with Crippen molar-refractivity contribution in [3.8, 4) is 0 Å². The predicted octanol–water partition coefficient (Wildman–Crippen LogP) is 3.69. The summed E-state index contributed by atoms with van der Waals surface area (Å²) in [7, 11) is -2.50. The molecule has 8 heteroatoms. The van der Waals surface area contributed by atoms with Gasteiger partial charge in [0, 0.05) is 22.2 Å². The Labute approximate surface area is 114 Å². The van der Waals surface area contributed by atoms with Gasteiger partial charge in [-0.15, -0.1) is 0 Å². The number of hydrogen-bond donors (Lipinski definition) is 0. The van der Waals surface area contributed by atoms with Gasteiger partial charge in [0.05, 0.1) is 5.41 Å². The number of halogens is 4. The van der Waals surface area contributed by atoms with Crippen LogP contribution in [0.3, 0.4) is 0 Å². The van der Waals surface area contributed by atoms with Crippen molar-refractivity contribution in [2.45, 2.75) is 24.4 Å². The average molecular weight is 313 g/mol. The smallest absolute Gasteiger partial charge is 0.250 e. The first-order chi connectivity index (χ1) is 8.53. The fraction of sp³-hybridized carbons (Fsp3) is 0.545. The number of rotatable bonds is 2. The minimum atomic E-state index is -4.32. The van der Waals surface area contributed by atoms with Gasteiger partial charge in [-0.1, -0.05) is 11.6 Å². The quantitative estimate of drug-likeness (QED) is 0.782. The van der Waals surface area contributed by atoms with Gasteiger partial charge in [0.2, 0.25) is 0 Å². The van der Waals surface area contributed by atoms with Gasteiger partial charge in [-0.2, -0.15) is 17.5 Å². The zero-order chi connectivity index (χ0) is 14.5. The Balaban J connectivity index is 2.53. The molecule has 1 aliphatic carbocycles. The average Bonchev–Trinajstić information content (AvgIpc) is 2.91. The van der Waals surface area contributed by atoms with Crippen LogP contribution >= 0.6 is 11.6 Å². The van der Waals surface area contributed by atoms with E-state index in [0.29, 0.717) is 0 Å². The first kappa shape index (κ1) is 14.6. The Morgan fingerprint density at radius 3 is 2.37 bits per heavy atom. The lowest BCUT2D eigenvalue weighted by molar-refractivity contribution is -0.160. The molecule has 0 radical (unpaired) electrons. The molecule has 1 aromatic rings. The van der Waals surface area contributed by atoms with Gasteiger partial charge >= 0.3 is 6.18 Å². The molecule has 0 atom stereocenters. The van der Waals surface area contributed by atoms with Gasteiger partial charge in [-0.3, -0.25) is 0 Å². The van der Waals surface area contributed by atoms with E-state index in [0.717, 1.165) is 0 Å². The van der Waals surface area contributed by atoms with Crippen LogP contribution in [0.4, 0.5) is 19.0 Å². The zero-order valence-electron chi connectivity index (χ0n) is 10.3. The molecule has 0 amide bonds. The summed E-state index contributed by atoms with van der Waals surface area (Å²) in [6.07, 6.45) is -1.50. The molecular weight excluding hydrogens is 301 g/mol. The topological polar surface area (TPSA) is 42.3 Å². The molecule has 1 aromatic heterocycles. The monoisotopic (exact) mass is 312 g/mol. The molecule has 2 rings (SSSR count). The third-order valence-electron chi connectivity index (χ3n) is 2.94. The molecule has 0 unspecified atom stereocenters. The second-order valence-corrected chi connectivity index (χ2v) is 7.82. The first-order valence-electron chi connectivity index (χ1n) is 5.45. The van der Waals surface area contributed by atoms with Crippen LogP contribution < -0.4 is 0 Å². The SMILES string of the molecule is CS(C)(=O)=Nc1cc(C2(C(F)(F)F)CC2)cc(Cl)n1. The summed E-state index contributed by atoms with van der Waals surface area (Å²) in [6, 6.07) is 2.42. The minimum Gasteiger partial charge on any atom is -0.250 e. The molecular formula is C11H12ClF3N2OS. The lowest BCUT2D eigenvalue weighted by Gasteiger charge is -2.19. The van der Waals surface area contributed by atoms with Crippen molar-refractivity contribution in [1.82, 2.24) is 4.98 Å². The van der Waals surface area contributed by atoms with E-state index in [9.17, 15) is 17.4 Å². The van der Waals surface area contributed by atoms with Crippen molar-refractivity contribution < 1.29 is 17.4 Å². The summed E-state index contributed by atoms with van der Waals surface area (Å²) in [5, 5.41) is -0.0737. The molecule has 0 spiro atoms. The highest BCUT2D eigenvalue weighted by Crippen LogP contribution is 2.59. The van der Waals surface area contributed by atoms with Crippen molar-refractivity contribution in [2.75, 3.05) is 12.5 Å². The standard InChI is InChI=1S/C11H12ClF3N2OS/c1-19(2,18)17-9-6-7(5-8(12)16-9)10(3-4-10)11(13,14)15/h5-6H,3-4H2,1-2H3. The highest BCUT2D eigenvalue weighted by molar-refractivity contribution is 7.92. The third-order valence-corrected chi connectivity index (χ3v) is 3.76.